The Labute approximate surface area is 160 Å². The van der Waals surface area contributed by atoms with E-state index in [1.807, 2.05) is 18.2 Å². The third kappa shape index (κ3) is 3.40. The number of carbonyl (C=O) groups excluding carboxylic acids is 1. The number of amides is 1. The molecule has 0 atom stereocenters. The van der Waals surface area contributed by atoms with Gasteiger partial charge in [-0.05, 0) is 30.9 Å². The van der Waals surface area contributed by atoms with Gasteiger partial charge in [0.1, 0.15) is 5.82 Å². The van der Waals surface area contributed by atoms with Crippen LogP contribution in [0.3, 0.4) is 0 Å². The second-order valence-electron chi connectivity index (χ2n) is 6.74. The Balaban J connectivity index is 1.57. The number of hydrogen-bond donors (Lipinski definition) is 3. The Morgan fingerprint density at radius 3 is 2.70 bits per heavy atom. The van der Waals surface area contributed by atoms with Crippen LogP contribution in [0.15, 0.2) is 24.3 Å². The molecule has 4 rings (SSSR count). The lowest BCUT2D eigenvalue weighted by molar-refractivity contribution is 0.0945. The van der Waals surface area contributed by atoms with Crippen LogP contribution in [-0.4, -0.2) is 25.4 Å². The van der Waals surface area contributed by atoms with E-state index < -0.39 is 5.91 Å². The highest BCUT2D eigenvalue weighted by molar-refractivity contribution is 6.31. The van der Waals surface area contributed by atoms with Crippen molar-refractivity contribution in [3.63, 3.8) is 0 Å². The summed E-state index contributed by atoms with van der Waals surface area (Å²) >= 11 is 5.85. The zero-order valence-electron chi connectivity index (χ0n) is 14.7. The number of benzene rings is 1. The van der Waals surface area contributed by atoms with Gasteiger partial charge in [0.05, 0.1) is 17.6 Å². The van der Waals surface area contributed by atoms with Crippen LogP contribution in [0.4, 0.5) is 11.6 Å². The standard InChI is InChI=1S/C18H20ClN7O/c19-15-17(21)25-16(20)14(24-15)18(27)22-8-13-23-11-6-1-2-7-12(11)26(13)9-10-4-3-5-10/h1-2,6-7,10H,3-5,8-9H2,(H,22,27)(H4,20,21,25). The van der Waals surface area contributed by atoms with Crippen molar-refractivity contribution in [2.24, 2.45) is 5.92 Å². The van der Waals surface area contributed by atoms with Gasteiger partial charge >= 0.3 is 0 Å². The average molecular weight is 386 g/mol. The monoisotopic (exact) mass is 385 g/mol. The van der Waals surface area contributed by atoms with Crippen LogP contribution in [-0.2, 0) is 13.1 Å². The molecule has 140 valence electrons. The fourth-order valence-corrected chi connectivity index (χ4v) is 3.38. The van der Waals surface area contributed by atoms with E-state index in [1.54, 1.807) is 0 Å². The second kappa shape index (κ2) is 7.03. The van der Waals surface area contributed by atoms with Crippen molar-refractivity contribution < 1.29 is 4.79 Å². The number of halogens is 1. The summed E-state index contributed by atoms with van der Waals surface area (Å²) in [5.41, 5.74) is 13.2. The van der Waals surface area contributed by atoms with Crippen molar-refractivity contribution in [3.8, 4) is 0 Å². The summed E-state index contributed by atoms with van der Waals surface area (Å²) in [6.07, 6.45) is 3.74. The Hall–Kier alpha value is -2.87. The molecule has 0 spiro atoms. The van der Waals surface area contributed by atoms with Gasteiger partial charge < -0.3 is 21.4 Å². The average Bonchev–Trinajstić information content (AvgIpc) is 2.96. The molecule has 0 aliphatic heterocycles. The van der Waals surface area contributed by atoms with E-state index in [9.17, 15) is 4.79 Å². The maximum atomic E-state index is 12.5. The molecule has 9 heteroatoms. The molecular formula is C18H20ClN7O. The lowest BCUT2D eigenvalue weighted by Crippen LogP contribution is -2.28. The van der Waals surface area contributed by atoms with Gasteiger partial charge in [0.15, 0.2) is 22.5 Å². The number of imidazole rings is 1. The van der Waals surface area contributed by atoms with Crippen LogP contribution in [0.1, 0.15) is 35.6 Å². The van der Waals surface area contributed by atoms with Crippen LogP contribution < -0.4 is 16.8 Å². The van der Waals surface area contributed by atoms with Gasteiger partial charge in [-0.1, -0.05) is 30.2 Å². The Morgan fingerprint density at radius 2 is 1.96 bits per heavy atom. The van der Waals surface area contributed by atoms with Crippen LogP contribution in [0.2, 0.25) is 5.15 Å². The first-order chi connectivity index (χ1) is 13.0. The number of rotatable bonds is 5. The van der Waals surface area contributed by atoms with Gasteiger partial charge in [0.25, 0.3) is 5.91 Å². The number of nitrogens with two attached hydrogens (primary N) is 2. The van der Waals surface area contributed by atoms with Crippen molar-refractivity contribution in [2.75, 3.05) is 11.5 Å². The van der Waals surface area contributed by atoms with E-state index in [-0.39, 0.29) is 29.0 Å². The molecule has 3 aromatic rings. The van der Waals surface area contributed by atoms with E-state index in [1.165, 1.54) is 19.3 Å². The van der Waals surface area contributed by atoms with Crippen molar-refractivity contribution in [1.29, 1.82) is 0 Å². The highest BCUT2D eigenvalue weighted by Gasteiger charge is 2.22. The van der Waals surface area contributed by atoms with Gasteiger partial charge in [0.2, 0.25) is 0 Å². The van der Waals surface area contributed by atoms with Crippen LogP contribution >= 0.6 is 11.6 Å². The molecule has 1 amide bonds. The predicted molar refractivity (Wildman–Crippen MR) is 104 cm³/mol. The molecule has 1 aliphatic rings. The minimum atomic E-state index is -0.468. The van der Waals surface area contributed by atoms with E-state index in [0.717, 1.165) is 23.4 Å². The van der Waals surface area contributed by atoms with E-state index >= 15 is 0 Å². The molecule has 0 unspecified atom stereocenters. The van der Waals surface area contributed by atoms with E-state index in [2.05, 4.69) is 30.9 Å². The van der Waals surface area contributed by atoms with Gasteiger partial charge in [-0.15, -0.1) is 0 Å². The normalized spacial score (nSPS) is 14.3. The zero-order valence-corrected chi connectivity index (χ0v) is 15.4. The molecular weight excluding hydrogens is 366 g/mol. The topological polar surface area (TPSA) is 125 Å². The van der Waals surface area contributed by atoms with E-state index in [0.29, 0.717) is 5.92 Å². The molecule has 1 aliphatic carbocycles. The van der Waals surface area contributed by atoms with E-state index in [4.69, 9.17) is 23.1 Å². The summed E-state index contributed by atoms with van der Waals surface area (Å²) < 4.78 is 2.18. The van der Waals surface area contributed by atoms with Gasteiger partial charge in [-0.25, -0.2) is 15.0 Å². The summed E-state index contributed by atoms with van der Waals surface area (Å²) in [6.45, 7) is 1.16. The molecule has 2 heterocycles. The maximum Gasteiger partial charge on any atom is 0.274 e. The molecule has 2 aromatic heterocycles. The number of hydrogen-bond acceptors (Lipinski definition) is 6. The van der Waals surface area contributed by atoms with Gasteiger partial charge in [-0.3, -0.25) is 4.79 Å². The summed E-state index contributed by atoms with van der Waals surface area (Å²) in [5, 5.41) is 2.76. The smallest absolute Gasteiger partial charge is 0.274 e. The molecule has 1 fully saturated rings. The molecule has 27 heavy (non-hydrogen) atoms. The van der Waals surface area contributed by atoms with Crippen LogP contribution in [0.5, 0.6) is 0 Å². The number of anilines is 2. The molecule has 0 radical (unpaired) electrons. The number of fused-ring (bicyclic) bond motifs is 1. The molecule has 5 N–H and O–H groups in total. The number of para-hydroxylation sites is 2. The highest BCUT2D eigenvalue weighted by Crippen LogP contribution is 2.30. The van der Waals surface area contributed by atoms with Gasteiger partial charge in [0, 0.05) is 6.54 Å². The lowest BCUT2D eigenvalue weighted by Gasteiger charge is -2.26. The third-order valence-electron chi connectivity index (χ3n) is 4.93. The lowest BCUT2D eigenvalue weighted by atomic mass is 9.85. The summed E-state index contributed by atoms with van der Waals surface area (Å²) in [7, 11) is 0. The summed E-state index contributed by atoms with van der Waals surface area (Å²) in [4.78, 5) is 24.9. The number of aromatic nitrogens is 4. The first-order valence-corrected chi connectivity index (χ1v) is 9.21. The SMILES string of the molecule is Nc1nc(N)c(C(=O)NCc2nc3ccccc3n2CC2CCC2)nc1Cl. The third-order valence-corrected chi connectivity index (χ3v) is 5.20. The fraction of sp³-hybridized carbons (Fsp3) is 0.333. The largest absolute Gasteiger partial charge is 0.382 e. The van der Waals surface area contributed by atoms with Crippen LogP contribution in [0.25, 0.3) is 11.0 Å². The number of nitrogen functional groups attached to an aromatic ring is 2. The van der Waals surface area contributed by atoms with Crippen molar-refractivity contribution >= 4 is 40.2 Å². The quantitative estimate of drug-likeness (QED) is 0.619. The first-order valence-electron chi connectivity index (χ1n) is 8.83. The highest BCUT2D eigenvalue weighted by atomic mass is 35.5. The summed E-state index contributed by atoms with van der Waals surface area (Å²) in [5.74, 6) is 0.925. The molecule has 1 saturated carbocycles. The molecule has 0 saturated heterocycles. The van der Waals surface area contributed by atoms with Crippen molar-refractivity contribution in [1.82, 2.24) is 24.8 Å². The second-order valence-corrected chi connectivity index (χ2v) is 7.10. The predicted octanol–water partition coefficient (Wildman–Crippen LogP) is 2.37. The number of carbonyl (C=O) groups is 1. The van der Waals surface area contributed by atoms with Crippen molar-refractivity contribution in [3.05, 3.63) is 40.9 Å². The minimum absolute atomic E-state index is 0.00647. The maximum absolute atomic E-state index is 12.5. The first kappa shape index (κ1) is 17.5. The summed E-state index contributed by atoms with van der Waals surface area (Å²) in [6, 6.07) is 7.98. The van der Waals surface area contributed by atoms with Crippen molar-refractivity contribution in [2.45, 2.75) is 32.4 Å². The van der Waals surface area contributed by atoms with Crippen LogP contribution in [0, 0.1) is 5.92 Å². The Morgan fingerprint density at radius 1 is 1.19 bits per heavy atom. The molecule has 1 aromatic carbocycles. The number of nitrogens with zero attached hydrogens (tertiary/aromatic N) is 4. The fourth-order valence-electron chi connectivity index (χ4n) is 3.25. The molecule has 0 bridgehead atoms. The Kier molecular flexibility index (Phi) is 4.57. The Bertz CT molecular complexity index is 1010. The minimum Gasteiger partial charge on any atom is -0.382 e. The number of nitrogens with one attached hydrogen (secondary N) is 1. The van der Waals surface area contributed by atoms with Gasteiger partial charge in [-0.2, -0.15) is 0 Å². The zero-order chi connectivity index (χ0) is 19.0. The molecule has 8 nitrogen and oxygen atoms in total.